The van der Waals surface area contributed by atoms with Crippen molar-refractivity contribution in [2.45, 2.75) is 20.0 Å². The maximum atomic E-state index is 5.82. The molecule has 3 nitrogen and oxygen atoms in total. The van der Waals surface area contributed by atoms with Gasteiger partial charge in [0.2, 0.25) is 6.33 Å². The summed E-state index contributed by atoms with van der Waals surface area (Å²) in [5.74, 6) is 0. The Morgan fingerprint density at radius 2 is 2.00 bits per heavy atom. The van der Waals surface area contributed by atoms with E-state index < -0.39 is 0 Å². The summed E-state index contributed by atoms with van der Waals surface area (Å²) in [6.45, 7) is 3.80. The zero-order chi connectivity index (χ0) is 10.7. The van der Waals surface area contributed by atoms with Crippen molar-refractivity contribution >= 4 is 11.6 Å². The minimum Gasteiger partial charge on any atom is -1.00 e. The lowest BCUT2D eigenvalue weighted by Gasteiger charge is -1.97. The minimum atomic E-state index is 0. The van der Waals surface area contributed by atoms with Crippen molar-refractivity contribution in [3.05, 3.63) is 47.5 Å². The smallest absolute Gasteiger partial charge is 0.265 e. The molecule has 0 aliphatic heterocycles. The highest BCUT2D eigenvalue weighted by atomic mass is 35.5. The molecule has 0 saturated heterocycles. The summed E-state index contributed by atoms with van der Waals surface area (Å²) >= 11 is 5.82. The number of hydrogen-bond acceptors (Lipinski definition) is 1. The number of nitrogens with zero attached hydrogens (tertiary/aromatic N) is 3. The second-order valence-electron chi connectivity index (χ2n) is 3.40. The number of halogens is 2. The fraction of sp³-hybridized carbons (Fsp3) is 0.273. The number of benzene rings is 1. The number of hydrogen-bond donors (Lipinski definition) is 0. The Kier molecular flexibility index (Phi) is 4.77. The molecule has 0 radical (unpaired) electrons. The highest BCUT2D eigenvalue weighted by molar-refractivity contribution is 6.30. The van der Waals surface area contributed by atoms with Crippen LogP contribution in [0.25, 0.3) is 0 Å². The molecule has 5 heteroatoms. The third-order valence-electron chi connectivity index (χ3n) is 2.23. The van der Waals surface area contributed by atoms with Gasteiger partial charge in [0.15, 0.2) is 0 Å². The van der Waals surface area contributed by atoms with E-state index in [4.69, 9.17) is 11.6 Å². The van der Waals surface area contributed by atoms with E-state index in [-0.39, 0.29) is 12.4 Å². The van der Waals surface area contributed by atoms with Gasteiger partial charge in [-0.05, 0) is 24.6 Å². The Labute approximate surface area is 106 Å². The predicted molar refractivity (Wildman–Crippen MR) is 58.7 cm³/mol. The van der Waals surface area contributed by atoms with Gasteiger partial charge in [-0.15, -0.1) is 4.68 Å². The topological polar surface area (TPSA) is 21.7 Å². The van der Waals surface area contributed by atoms with E-state index in [1.54, 1.807) is 0 Å². The average Bonchev–Trinajstić information content (AvgIpc) is 2.69. The van der Waals surface area contributed by atoms with Gasteiger partial charge in [0, 0.05) is 10.1 Å². The van der Waals surface area contributed by atoms with E-state index in [9.17, 15) is 0 Å². The Balaban J connectivity index is 0.00000128. The predicted octanol–water partition coefficient (Wildman–Crippen LogP) is -1.10. The second-order valence-corrected chi connectivity index (χ2v) is 3.84. The van der Waals surface area contributed by atoms with Gasteiger partial charge in [-0.1, -0.05) is 23.7 Å². The van der Waals surface area contributed by atoms with Crippen molar-refractivity contribution in [2.75, 3.05) is 0 Å². The number of aromatic nitrogens is 3. The lowest BCUT2D eigenvalue weighted by molar-refractivity contribution is -0.689. The summed E-state index contributed by atoms with van der Waals surface area (Å²) in [7, 11) is 0. The molecule has 2 aromatic rings. The van der Waals surface area contributed by atoms with Crippen molar-refractivity contribution in [3.63, 3.8) is 0 Å². The fourth-order valence-electron chi connectivity index (χ4n) is 1.41. The van der Waals surface area contributed by atoms with Crippen LogP contribution >= 0.6 is 11.6 Å². The van der Waals surface area contributed by atoms with Crippen molar-refractivity contribution in [1.82, 2.24) is 9.78 Å². The van der Waals surface area contributed by atoms with Crippen molar-refractivity contribution in [2.24, 2.45) is 0 Å². The van der Waals surface area contributed by atoms with Crippen molar-refractivity contribution in [3.8, 4) is 0 Å². The Morgan fingerprint density at radius 3 is 2.56 bits per heavy atom. The standard InChI is InChI=1S/C11H13ClN3.ClH/c1-2-15-9-14(8-13-15)7-10-3-5-11(12)6-4-10;/h3-6,8-9H,2,7H2,1H3;1H/q+1;/p-1. The molecule has 0 N–H and O–H groups in total. The van der Waals surface area contributed by atoms with Gasteiger partial charge in [-0.2, -0.15) is 0 Å². The van der Waals surface area contributed by atoms with Crippen LogP contribution in [0.3, 0.4) is 0 Å². The average molecular weight is 258 g/mol. The Bertz CT molecular complexity index is 437. The molecule has 0 aliphatic carbocycles. The van der Waals surface area contributed by atoms with Gasteiger partial charge in [0.25, 0.3) is 6.33 Å². The van der Waals surface area contributed by atoms with E-state index in [0.717, 1.165) is 18.1 Å². The first-order valence-electron chi connectivity index (χ1n) is 4.94. The van der Waals surface area contributed by atoms with E-state index in [1.807, 2.05) is 46.2 Å². The molecule has 1 heterocycles. The Hall–Kier alpha value is -1.06. The quantitative estimate of drug-likeness (QED) is 0.640. The molecule has 0 unspecified atom stereocenters. The van der Waals surface area contributed by atoms with Crippen LogP contribution in [-0.2, 0) is 13.1 Å². The second kappa shape index (κ2) is 5.87. The van der Waals surface area contributed by atoms with E-state index in [2.05, 4.69) is 12.0 Å². The van der Waals surface area contributed by atoms with Gasteiger partial charge in [-0.25, -0.2) is 4.57 Å². The number of aryl methyl sites for hydroxylation is 1. The van der Waals surface area contributed by atoms with Crippen LogP contribution in [-0.4, -0.2) is 9.78 Å². The first-order chi connectivity index (χ1) is 7.28. The summed E-state index contributed by atoms with van der Waals surface area (Å²) in [5.41, 5.74) is 1.22. The van der Waals surface area contributed by atoms with Crippen LogP contribution in [0.2, 0.25) is 5.02 Å². The molecule has 2 rings (SSSR count). The molecule has 1 aromatic carbocycles. The molecule has 0 aliphatic rings. The highest BCUT2D eigenvalue weighted by Crippen LogP contribution is 2.08. The highest BCUT2D eigenvalue weighted by Gasteiger charge is 2.03. The first-order valence-corrected chi connectivity index (χ1v) is 5.31. The zero-order valence-corrected chi connectivity index (χ0v) is 10.5. The van der Waals surface area contributed by atoms with Crippen LogP contribution in [0.1, 0.15) is 12.5 Å². The summed E-state index contributed by atoms with van der Waals surface area (Å²) in [6, 6.07) is 7.86. The summed E-state index contributed by atoms with van der Waals surface area (Å²) in [6.07, 6.45) is 3.83. The first kappa shape index (κ1) is 13.0. The molecule has 0 atom stereocenters. The molecule has 0 fully saturated rings. The van der Waals surface area contributed by atoms with Gasteiger partial charge in [0.1, 0.15) is 6.54 Å². The van der Waals surface area contributed by atoms with Crippen molar-refractivity contribution < 1.29 is 17.0 Å². The molecule has 1 aromatic heterocycles. The third kappa shape index (κ3) is 3.22. The summed E-state index contributed by atoms with van der Waals surface area (Å²) in [5, 5.41) is 4.97. The maximum Gasteiger partial charge on any atom is 0.265 e. The van der Waals surface area contributed by atoms with Crippen LogP contribution < -0.4 is 17.0 Å². The lowest BCUT2D eigenvalue weighted by atomic mass is 10.2. The fourth-order valence-corrected chi connectivity index (χ4v) is 1.54. The molecule has 0 saturated carbocycles. The van der Waals surface area contributed by atoms with Gasteiger partial charge in [-0.3, -0.25) is 0 Å². The van der Waals surface area contributed by atoms with E-state index in [1.165, 1.54) is 5.56 Å². The SMILES string of the molecule is CCn1c[n+](Cc2ccc(Cl)cc2)cn1.[Cl-]. The molecule has 0 spiro atoms. The molecule has 0 bridgehead atoms. The summed E-state index contributed by atoms with van der Waals surface area (Å²) in [4.78, 5) is 0. The van der Waals surface area contributed by atoms with Gasteiger partial charge >= 0.3 is 0 Å². The van der Waals surface area contributed by atoms with Crippen LogP contribution in [0.5, 0.6) is 0 Å². The monoisotopic (exact) mass is 257 g/mol. The molecular weight excluding hydrogens is 245 g/mol. The minimum absolute atomic E-state index is 0. The normalized spacial score (nSPS) is 9.88. The van der Waals surface area contributed by atoms with E-state index >= 15 is 0 Å². The van der Waals surface area contributed by atoms with E-state index in [0.29, 0.717) is 0 Å². The van der Waals surface area contributed by atoms with Crippen LogP contribution in [0.15, 0.2) is 36.9 Å². The molecular formula is C11H13Cl2N3. The lowest BCUT2D eigenvalue weighted by Crippen LogP contribution is -3.00. The van der Waals surface area contributed by atoms with Gasteiger partial charge in [0.05, 0.1) is 6.54 Å². The van der Waals surface area contributed by atoms with Crippen LogP contribution in [0, 0.1) is 0 Å². The molecule has 86 valence electrons. The largest absolute Gasteiger partial charge is 1.00 e. The van der Waals surface area contributed by atoms with Gasteiger partial charge < -0.3 is 12.4 Å². The zero-order valence-electron chi connectivity index (χ0n) is 8.98. The molecule has 0 amide bonds. The summed E-state index contributed by atoms with van der Waals surface area (Å²) < 4.78 is 3.95. The van der Waals surface area contributed by atoms with Crippen LogP contribution in [0.4, 0.5) is 0 Å². The maximum absolute atomic E-state index is 5.82. The molecule has 16 heavy (non-hydrogen) atoms. The Morgan fingerprint density at radius 1 is 1.31 bits per heavy atom. The number of rotatable bonds is 3. The third-order valence-corrected chi connectivity index (χ3v) is 2.48. The van der Waals surface area contributed by atoms with Crippen molar-refractivity contribution in [1.29, 1.82) is 0 Å².